The van der Waals surface area contributed by atoms with Crippen molar-refractivity contribution in [1.82, 2.24) is 14.5 Å². The molecular weight excluding hydrogens is 428 g/mol. The van der Waals surface area contributed by atoms with E-state index in [9.17, 15) is 0 Å². The molecule has 4 rings (SSSR count). The van der Waals surface area contributed by atoms with E-state index in [4.69, 9.17) is 22.1 Å². The Morgan fingerprint density at radius 3 is 3.00 bits per heavy atom. The number of aryl methyl sites for hydroxylation is 2. The lowest BCUT2D eigenvalue weighted by molar-refractivity contribution is 0.323. The summed E-state index contributed by atoms with van der Waals surface area (Å²) in [5.41, 5.74) is 10.5. The Balaban J connectivity index is 1.35. The summed E-state index contributed by atoms with van der Waals surface area (Å²) >= 11 is 7.77. The molecule has 7 heteroatoms. The normalized spacial score (nSPS) is 18.0. The van der Waals surface area contributed by atoms with Crippen LogP contribution in [-0.4, -0.2) is 29.0 Å². The largest absolute Gasteiger partial charge is 0.492 e. The van der Waals surface area contributed by atoms with Gasteiger partial charge in [-0.2, -0.15) is 5.10 Å². The van der Waals surface area contributed by atoms with Gasteiger partial charge in [0.05, 0.1) is 11.1 Å². The molecule has 0 spiro atoms. The molecule has 1 aliphatic rings. The third kappa shape index (κ3) is 5.83. The van der Waals surface area contributed by atoms with E-state index in [0.717, 1.165) is 48.0 Å². The van der Waals surface area contributed by atoms with Gasteiger partial charge in [-0.3, -0.25) is 9.40 Å². The van der Waals surface area contributed by atoms with E-state index < -0.39 is 0 Å². The maximum atomic E-state index is 6.54. The number of ether oxygens (including phenoxy) is 1. The molecule has 0 amide bonds. The van der Waals surface area contributed by atoms with Gasteiger partial charge >= 0.3 is 0 Å². The standard InChI is InChI=1S/C24H29ClN4OS/c1-2-29-16-21(15-27-29)31-28-10-11-30-20-8-6-18-7-9-24(26)23(22(18)14-20)13-17-4-3-5-19(25)12-17/h3-6,8,12,14-16,23-24,28H,2,7,9-11,13,26H2,1H3. The highest BCUT2D eigenvalue weighted by molar-refractivity contribution is 7.97. The lowest BCUT2D eigenvalue weighted by atomic mass is 9.76. The van der Waals surface area contributed by atoms with Gasteiger partial charge in [-0.1, -0.05) is 29.8 Å². The quantitative estimate of drug-likeness (QED) is 0.356. The predicted molar refractivity (Wildman–Crippen MR) is 128 cm³/mol. The van der Waals surface area contributed by atoms with Crippen LogP contribution in [0.15, 0.2) is 59.8 Å². The van der Waals surface area contributed by atoms with Gasteiger partial charge in [0, 0.05) is 36.3 Å². The Hall–Kier alpha value is -1.99. The molecule has 31 heavy (non-hydrogen) atoms. The van der Waals surface area contributed by atoms with Crippen LogP contribution < -0.4 is 15.2 Å². The van der Waals surface area contributed by atoms with Gasteiger partial charge < -0.3 is 10.5 Å². The summed E-state index contributed by atoms with van der Waals surface area (Å²) in [5, 5.41) is 5.05. The van der Waals surface area contributed by atoms with Crippen LogP contribution in [0.3, 0.4) is 0 Å². The molecule has 2 unspecified atom stereocenters. The summed E-state index contributed by atoms with van der Waals surface area (Å²) in [6.07, 6.45) is 6.82. The van der Waals surface area contributed by atoms with E-state index in [1.807, 2.05) is 35.3 Å². The first-order chi connectivity index (χ1) is 15.1. The van der Waals surface area contributed by atoms with Gasteiger partial charge in [-0.15, -0.1) is 0 Å². The zero-order valence-electron chi connectivity index (χ0n) is 17.8. The molecule has 1 aromatic heterocycles. The molecule has 0 bridgehead atoms. The van der Waals surface area contributed by atoms with Crippen LogP contribution in [0.25, 0.3) is 0 Å². The first-order valence-electron chi connectivity index (χ1n) is 10.8. The molecule has 0 saturated heterocycles. The topological polar surface area (TPSA) is 65.1 Å². The van der Waals surface area contributed by atoms with Crippen molar-refractivity contribution in [2.45, 2.75) is 49.6 Å². The molecule has 3 N–H and O–H groups in total. The molecule has 2 atom stereocenters. The number of hydrogen-bond donors (Lipinski definition) is 2. The Kier molecular flexibility index (Phi) is 7.56. The number of benzene rings is 2. The van der Waals surface area contributed by atoms with Crippen molar-refractivity contribution in [1.29, 1.82) is 0 Å². The van der Waals surface area contributed by atoms with Crippen molar-refractivity contribution in [2.75, 3.05) is 13.2 Å². The van der Waals surface area contributed by atoms with Gasteiger partial charge in [-0.25, -0.2) is 0 Å². The minimum atomic E-state index is 0.142. The summed E-state index contributed by atoms with van der Waals surface area (Å²) in [5.74, 6) is 1.17. The number of rotatable bonds is 9. The molecule has 1 heterocycles. The molecule has 0 radical (unpaired) electrons. The average Bonchev–Trinajstić information content (AvgIpc) is 3.24. The molecule has 3 aromatic rings. The average molecular weight is 457 g/mol. The number of hydrogen-bond acceptors (Lipinski definition) is 5. The Bertz CT molecular complexity index is 1010. The highest BCUT2D eigenvalue weighted by Gasteiger charge is 2.27. The fourth-order valence-corrected chi connectivity index (χ4v) is 4.92. The highest BCUT2D eigenvalue weighted by atomic mass is 35.5. The Labute approximate surface area is 193 Å². The highest BCUT2D eigenvalue weighted by Crippen LogP contribution is 2.36. The van der Waals surface area contributed by atoms with E-state index in [-0.39, 0.29) is 12.0 Å². The zero-order valence-corrected chi connectivity index (χ0v) is 19.3. The van der Waals surface area contributed by atoms with Crippen molar-refractivity contribution in [2.24, 2.45) is 5.73 Å². The molecule has 164 valence electrons. The molecular formula is C24H29ClN4OS. The number of halogens is 1. The lowest BCUT2D eigenvalue weighted by Gasteiger charge is -2.32. The molecule has 2 aromatic carbocycles. The van der Waals surface area contributed by atoms with E-state index in [0.29, 0.717) is 6.61 Å². The molecule has 0 saturated carbocycles. The molecule has 0 aliphatic heterocycles. The van der Waals surface area contributed by atoms with Crippen LogP contribution in [0.5, 0.6) is 5.75 Å². The Morgan fingerprint density at radius 2 is 2.19 bits per heavy atom. The van der Waals surface area contributed by atoms with Gasteiger partial charge in [0.15, 0.2) is 0 Å². The predicted octanol–water partition coefficient (Wildman–Crippen LogP) is 4.83. The van der Waals surface area contributed by atoms with Gasteiger partial charge in [0.2, 0.25) is 0 Å². The van der Waals surface area contributed by atoms with Crippen LogP contribution >= 0.6 is 23.5 Å². The van der Waals surface area contributed by atoms with Crippen LogP contribution in [0.4, 0.5) is 0 Å². The second-order valence-corrected chi connectivity index (χ2v) is 9.28. The lowest BCUT2D eigenvalue weighted by Crippen LogP contribution is -2.34. The first-order valence-corrected chi connectivity index (χ1v) is 12.0. The van der Waals surface area contributed by atoms with Crippen molar-refractivity contribution < 1.29 is 4.74 Å². The fraction of sp³-hybridized carbons (Fsp3) is 0.375. The molecule has 1 aliphatic carbocycles. The maximum Gasteiger partial charge on any atom is 0.119 e. The molecule has 5 nitrogen and oxygen atoms in total. The fourth-order valence-electron chi connectivity index (χ4n) is 4.08. The van der Waals surface area contributed by atoms with E-state index in [1.165, 1.54) is 16.7 Å². The maximum absolute atomic E-state index is 6.54. The van der Waals surface area contributed by atoms with Crippen molar-refractivity contribution >= 4 is 23.5 Å². The van der Waals surface area contributed by atoms with Crippen LogP contribution in [0.2, 0.25) is 5.02 Å². The van der Waals surface area contributed by atoms with E-state index >= 15 is 0 Å². The third-order valence-corrected chi connectivity index (χ3v) is 6.75. The van der Waals surface area contributed by atoms with E-state index in [2.05, 4.69) is 41.0 Å². The number of nitrogens with two attached hydrogens (primary N) is 1. The summed E-state index contributed by atoms with van der Waals surface area (Å²) in [6.45, 7) is 4.29. The van der Waals surface area contributed by atoms with Crippen LogP contribution in [-0.2, 0) is 19.4 Å². The second-order valence-electron chi connectivity index (χ2n) is 7.88. The summed E-state index contributed by atoms with van der Waals surface area (Å²) < 4.78 is 11.3. The Morgan fingerprint density at radius 1 is 1.29 bits per heavy atom. The minimum absolute atomic E-state index is 0.142. The van der Waals surface area contributed by atoms with Gasteiger partial charge in [0.1, 0.15) is 12.4 Å². The smallest absolute Gasteiger partial charge is 0.119 e. The summed E-state index contributed by atoms with van der Waals surface area (Å²) in [7, 11) is 0. The minimum Gasteiger partial charge on any atom is -0.492 e. The van der Waals surface area contributed by atoms with Gasteiger partial charge in [-0.05, 0) is 79.1 Å². The summed E-state index contributed by atoms with van der Waals surface area (Å²) in [6, 6.07) is 14.7. The zero-order chi connectivity index (χ0) is 21.6. The number of aromatic nitrogens is 2. The van der Waals surface area contributed by atoms with Crippen molar-refractivity contribution in [3.8, 4) is 5.75 Å². The van der Waals surface area contributed by atoms with Crippen molar-refractivity contribution in [3.05, 3.63) is 76.6 Å². The van der Waals surface area contributed by atoms with Crippen LogP contribution in [0, 0.1) is 0 Å². The van der Waals surface area contributed by atoms with Crippen molar-refractivity contribution in [3.63, 3.8) is 0 Å². The SMILES string of the molecule is CCn1cc(SNCCOc2ccc3c(c2)C(Cc2cccc(Cl)c2)C(N)CC3)cn1. The summed E-state index contributed by atoms with van der Waals surface area (Å²) in [4.78, 5) is 1.11. The first kappa shape index (κ1) is 22.2. The van der Waals surface area contributed by atoms with E-state index in [1.54, 1.807) is 11.9 Å². The third-order valence-electron chi connectivity index (χ3n) is 5.72. The van der Waals surface area contributed by atoms with Crippen LogP contribution in [0.1, 0.15) is 36.0 Å². The van der Waals surface area contributed by atoms with Gasteiger partial charge in [0.25, 0.3) is 0 Å². The number of nitrogens with one attached hydrogen (secondary N) is 1. The number of nitrogens with zero attached hydrogens (tertiary/aromatic N) is 2. The number of fused-ring (bicyclic) bond motifs is 1. The second kappa shape index (κ2) is 10.6. The monoisotopic (exact) mass is 456 g/mol. The molecule has 0 fully saturated rings.